The molecule has 3 heterocycles. The molecule has 4 N–H and O–H groups in total. The molecule has 0 unspecified atom stereocenters. The van der Waals surface area contributed by atoms with Crippen molar-refractivity contribution >= 4 is 34.5 Å². The second kappa shape index (κ2) is 11.7. The highest BCUT2D eigenvalue weighted by Gasteiger charge is 2.26. The third-order valence-electron chi connectivity index (χ3n) is 6.47. The zero-order valence-electron chi connectivity index (χ0n) is 21.0. The Morgan fingerprint density at radius 3 is 2.68 bits per heavy atom. The van der Waals surface area contributed by atoms with E-state index in [1.165, 1.54) is 6.39 Å². The summed E-state index contributed by atoms with van der Waals surface area (Å²) in [4.78, 5) is 60.3. The third-order valence-corrected chi connectivity index (χ3v) is 6.47. The van der Waals surface area contributed by atoms with E-state index in [2.05, 4.69) is 25.9 Å². The maximum absolute atomic E-state index is 13.2. The summed E-state index contributed by atoms with van der Waals surface area (Å²) in [6, 6.07) is 6.07. The van der Waals surface area contributed by atoms with Crippen LogP contribution in [0.2, 0.25) is 0 Å². The molecule has 1 saturated heterocycles. The van der Waals surface area contributed by atoms with Crippen LogP contribution in [-0.4, -0.2) is 70.2 Å². The van der Waals surface area contributed by atoms with Crippen molar-refractivity contribution in [2.75, 3.05) is 19.6 Å². The lowest BCUT2D eigenvalue weighted by Gasteiger charge is -2.22. The van der Waals surface area contributed by atoms with Crippen molar-refractivity contribution in [2.24, 2.45) is 0 Å². The van der Waals surface area contributed by atoms with Gasteiger partial charge in [0.05, 0.1) is 0 Å². The number of aromatic amines is 1. The Labute approximate surface area is 214 Å². The largest absolute Gasteiger partial charge is 0.448 e. The summed E-state index contributed by atoms with van der Waals surface area (Å²) in [5.74, 6) is -0.950. The monoisotopic (exact) mass is 508 g/mol. The quantitative estimate of drug-likeness (QED) is 0.421. The molecule has 2 aromatic heterocycles. The van der Waals surface area contributed by atoms with E-state index in [1.807, 2.05) is 30.5 Å². The molecule has 4 amide bonds. The number of fused-ring (bicyclic) bond motifs is 1. The maximum Gasteiger partial charge on any atom is 0.276 e. The van der Waals surface area contributed by atoms with Gasteiger partial charge in [-0.05, 0) is 38.3 Å². The molecule has 37 heavy (non-hydrogen) atoms. The van der Waals surface area contributed by atoms with E-state index in [1.54, 1.807) is 18.7 Å². The van der Waals surface area contributed by atoms with Crippen molar-refractivity contribution in [3.63, 3.8) is 0 Å². The van der Waals surface area contributed by atoms with Crippen molar-refractivity contribution in [3.8, 4) is 0 Å². The average Bonchev–Trinajstić information content (AvgIpc) is 3.49. The van der Waals surface area contributed by atoms with Crippen LogP contribution in [0.5, 0.6) is 0 Å². The number of carbonyl (C=O) groups excluding carboxylic acids is 4. The van der Waals surface area contributed by atoms with Crippen LogP contribution in [-0.2, 0) is 20.8 Å². The number of oxazole rings is 1. The number of nitrogens with zero attached hydrogens (tertiary/aromatic N) is 2. The van der Waals surface area contributed by atoms with Gasteiger partial charge in [-0.25, -0.2) is 4.98 Å². The van der Waals surface area contributed by atoms with Crippen LogP contribution < -0.4 is 16.0 Å². The Bertz CT molecular complexity index is 1280. The molecular weight excluding hydrogens is 476 g/mol. The van der Waals surface area contributed by atoms with E-state index in [0.29, 0.717) is 38.2 Å². The molecule has 1 aromatic carbocycles. The summed E-state index contributed by atoms with van der Waals surface area (Å²) in [6.45, 7) is 4.25. The predicted molar refractivity (Wildman–Crippen MR) is 136 cm³/mol. The summed E-state index contributed by atoms with van der Waals surface area (Å²) in [5, 5.41) is 9.34. The fraction of sp³-hybridized carbons (Fsp3) is 0.423. The molecule has 1 aliphatic heterocycles. The van der Waals surface area contributed by atoms with E-state index in [9.17, 15) is 19.2 Å². The van der Waals surface area contributed by atoms with Crippen molar-refractivity contribution < 1.29 is 23.6 Å². The average molecular weight is 509 g/mol. The lowest BCUT2D eigenvalue weighted by Crippen LogP contribution is -2.53. The zero-order chi connectivity index (χ0) is 26.4. The molecule has 3 aromatic rings. The first-order chi connectivity index (χ1) is 17.8. The number of H-pyrrole nitrogens is 1. The van der Waals surface area contributed by atoms with Gasteiger partial charge < -0.3 is 30.3 Å². The molecule has 1 fully saturated rings. The number of aryl methyl sites for hydroxylation is 1. The van der Waals surface area contributed by atoms with Crippen molar-refractivity contribution in [2.45, 2.75) is 51.6 Å². The van der Waals surface area contributed by atoms with Crippen LogP contribution in [0.1, 0.15) is 48.0 Å². The zero-order valence-corrected chi connectivity index (χ0v) is 21.0. The normalized spacial score (nSPS) is 20.5. The van der Waals surface area contributed by atoms with Crippen LogP contribution in [0.3, 0.4) is 0 Å². The summed E-state index contributed by atoms with van der Waals surface area (Å²) in [5.41, 5.74) is 2.06. The second-order valence-electron chi connectivity index (χ2n) is 9.21. The van der Waals surface area contributed by atoms with Crippen LogP contribution in [0, 0.1) is 6.92 Å². The lowest BCUT2D eigenvalue weighted by molar-refractivity contribution is -0.131. The van der Waals surface area contributed by atoms with Gasteiger partial charge >= 0.3 is 0 Å². The van der Waals surface area contributed by atoms with Gasteiger partial charge in [0, 0.05) is 49.6 Å². The molecule has 11 nitrogen and oxygen atoms in total. The third kappa shape index (κ3) is 6.35. The number of rotatable bonds is 3. The lowest BCUT2D eigenvalue weighted by atomic mass is 10.0. The van der Waals surface area contributed by atoms with E-state index >= 15 is 0 Å². The van der Waals surface area contributed by atoms with E-state index in [-0.39, 0.29) is 36.3 Å². The van der Waals surface area contributed by atoms with E-state index in [0.717, 1.165) is 16.5 Å². The Morgan fingerprint density at radius 2 is 1.89 bits per heavy atom. The van der Waals surface area contributed by atoms with Crippen molar-refractivity contribution in [3.05, 3.63) is 53.9 Å². The van der Waals surface area contributed by atoms with Crippen LogP contribution in [0.4, 0.5) is 0 Å². The van der Waals surface area contributed by atoms with Gasteiger partial charge in [0.1, 0.15) is 17.8 Å². The summed E-state index contributed by atoms with van der Waals surface area (Å²) >= 11 is 0. The standard InChI is InChI=1S/C26H32N6O5/c1-16-24(34)31-21(13-18-14-28-20-8-4-3-7-19(18)20)25(35)27-10-6-12-32(11-5-9-22(33)30-16)26(36)23-17(2)37-15-29-23/h3-4,7-8,14-16,21,28H,5-6,9-13H2,1-2H3,(H,27,35)(H,30,33)(H,31,34)/t16-,21+/m0/s1. The van der Waals surface area contributed by atoms with Gasteiger partial charge in [-0.1, -0.05) is 18.2 Å². The minimum Gasteiger partial charge on any atom is -0.448 e. The van der Waals surface area contributed by atoms with Gasteiger partial charge in [-0.3, -0.25) is 19.2 Å². The van der Waals surface area contributed by atoms with Crippen LogP contribution >= 0.6 is 0 Å². The summed E-state index contributed by atoms with van der Waals surface area (Å²) < 4.78 is 5.17. The molecule has 4 rings (SSSR count). The first kappa shape index (κ1) is 25.9. The highest BCUT2D eigenvalue weighted by Crippen LogP contribution is 2.19. The minimum absolute atomic E-state index is 0.148. The van der Waals surface area contributed by atoms with E-state index < -0.39 is 18.0 Å². The number of hydrogen-bond donors (Lipinski definition) is 4. The molecule has 0 radical (unpaired) electrons. The number of carbonyl (C=O) groups is 4. The van der Waals surface area contributed by atoms with E-state index in [4.69, 9.17) is 4.42 Å². The van der Waals surface area contributed by atoms with Crippen molar-refractivity contribution in [1.29, 1.82) is 0 Å². The molecular formula is C26H32N6O5. The number of amides is 4. The minimum atomic E-state index is -0.841. The SMILES string of the molecule is Cc1ocnc1C(=O)N1CCCNC(=O)[C@@H](Cc2c[nH]c3ccccc23)NC(=O)[C@H](C)NC(=O)CCC1. The molecule has 0 saturated carbocycles. The second-order valence-corrected chi connectivity index (χ2v) is 9.21. The maximum atomic E-state index is 13.2. The Kier molecular flexibility index (Phi) is 8.22. The highest BCUT2D eigenvalue weighted by molar-refractivity contribution is 5.94. The van der Waals surface area contributed by atoms with Crippen LogP contribution in [0.25, 0.3) is 10.9 Å². The molecule has 0 aliphatic carbocycles. The number of nitrogens with one attached hydrogen (secondary N) is 4. The summed E-state index contributed by atoms with van der Waals surface area (Å²) in [6.07, 6.45) is 4.39. The van der Waals surface area contributed by atoms with Gasteiger partial charge in [0.2, 0.25) is 17.7 Å². The fourth-order valence-electron chi connectivity index (χ4n) is 4.42. The molecule has 2 atom stereocenters. The topological polar surface area (TPSA) is 149 Å². The first-order valence-corrected chi connectivity index (χ1v) is 12.4. The van der Waals surface area contributed by atoms with Gasteiger partial charge in [-0.2, -0.15) is 0 Å². The Morgan fingerprint density at radius 1 is 1.11 bits per heavy atom. The first-order valence-electron chi connectivity index (χ1n) is 12.4. The predicted octanol–water partition coefficient (Wildman–Crippen LogP) is 1.44. The summed E-state index contributed by atoms with van der Waals surface area (Å²) in [7, 11) is 0. The van der Waals surface area contributed by atoms with Crippen LogP contribution in [0.15, 0.2) is 41.3 Å². The number of aromatic nitrogens is 2. The van der Waals surface area contributed by atoms with Gasteiger partial charge in [-0.15, -0.1) is 0 Å². The van der Waals surface area contributed by atoms with Gasteiger partial charge in [0.15, 0.2) is 12.1 Å². The molecule has 196 valence electrons. The number of benzene rings is 1. The smallest absolute Gasteiger partial charge is 0.276 e. The number of hydrogen-bond acceptors (Lipinski definition) is 6. The highest BCUT2D eigenvalue weighted by atomic mass is 16.3. The molecule has 1 aliphatic rings. The number of para-hydroxylation sites is 1. The Balaban J connectivity index is 1.50. The fourth-order valence-corrected chi connectivity index (χ4v) is 4.42. The molecule has 0 bridgehead atoms. The van der Waals surface area contributed by atoms with Crippen molar-refractivity contribution in [1.82, 2.24) is 30.8 Å². The Hall–Kier alpha value is -4.15. The van der Waals surface area contributed by atoms with Gasteiger partial charge in [0.25, 0.3) is 5.91 Å². The molecule has 0 spiro atoms. The molecule has 11 heteroatoms.